The highest BCUT2D eigenvalue weighted by Crippen LogP contribution is 2.30. The monoisotopic (exact) mass is 154 g/mol. The Balaban J connectivity index is 2.09. The van der Waals surface area contributed by atoms with Crippen molar-refractivity contribution in [2.24, 2.45) is 5.41 Å². The van der Waals surface area contributed by atoms with Crippen molar-refractivity contribution < 1.29 is 4.79 Å². The summed E-state index contributed by atoms with van der Waals surface area (Å²) in [6.07, 6.45) is 3.42. The van der Waals surface area contributed by atoms with Crippen LogP contribution < -0.4 is 10.6 Å². The van der Waals surface area contributed by atoms with E-state index >= 15 is 0 Å². The summed E-state index contributed by atoms with van der Waals surface area (Å²) in [5.74, 6) is 0.272. The van der Waals surface area contributed by atoms with Crippen LogP contribution >= 0.6 is 0 Å². The third kappa shape index (κ3) is 1.03. The van der Waals surface area contributed by atoms with Crippen LogP contribution in [0.2, 0.25) is 0 Å². The molecule has 0 aromatic carbocycles. The second-order valence-corrected chi connectivity index (χ2v) is 3.60. The Hall–Kier alpha value is -0.570. The van der Waals surface area contributed by atoms with Crippen molar-refractivity contribution in [2.45, 2.75) is 19.3 Å². The summed E-state index contributed by atoms with van der Waals surface area (Å²) in [6.45, 7) is 2.65. The fourth-order valence-electron chi connectivity index (χ4n) is 1.86. The van der Waals surface area contributed by atoms with Crippen molar-refractivity contribution in [3.05, 3.63) is 0 Å². The maximum absolute atomic E-state index is 11.5. The van der Waals surface area contributed by atoms with E-state index in [-0.39, 0.29) is 11.3 Å². The van der Waals surface area contributed by atoms with Crippen LogP contribution in [0.5, 0.6) is 0 Å². The molecule has 2 aliphatic rings. The first-order valence-corrected chi connectivity index (χ1v) is 4.33. The highest BCUT2D eigenvalue weighted by atomic mass is 16.2. The Bertz CT molecular complexity index is 175. The third-order valence-corrected chi connectivity index (χ3v) is 2.78. The van der Waals surface area contributed by atoms with Crippen LogP contribution in [0, 0.1) is 5.41 Å². The van der Waals surface area contributed by atoms with Gasteiger partial charge in [0.05, 0.1) is 5.41 Å². The molecule has 2 saturated heterocycles. The second-order valence-electron chi connectivity index (χ2n) is 3.60. The van der Waals surface area contributed by atoms with E-state index in [9.17, 15) is 4.79 Å². The fraction of sp³-hybridized carbons (Fsp3) is 0.875. The van der Waals surface area contributed by atoms with Crippen LogP contribution in [-0.4, -0.2) is 25.5 Å². The number of rotatable bonds is 0. The zero-order valence-corrected chi connectivity index (χ0v) is 6.65. The number of nitrogens with one attached hydrogen (secondary N) is 2. The third-order valence-electron chi connectivity index (χ3n) is 2.78. The summed E-state index contributed by atoms with van der Waals surface area (Å²) in [5.41, 5.74) is -0.0174. The van der Waals surface area contributed by atoms with Crippen molar-refractivity contribution in [1.29, 1.82) is 0 Å². The van der Waals surface area contributed by atoms with E-state index in [1.807, 2.05) is 0 Å². The summed E-state index contributed by atoms with van der Waals surface area (Å²) in [5, 5.41) is 6.13. The Morgan fingerprint density at radius 1 is 1.27 bits per heavy atom. The van der Waals surface area contributed by atoms with Gasteiger partial charge in [-0.15, -0.1) is 0 Å². The molecular weight excluding hydrogens is 140 g/mol. The fourth-order valence-corrected chi connectivity index (χ4v) is 1.86. The molecule has 0 bridgehead atoms. The van der Waals surface area contributed by atoms with Crippen LogP contribution in [0.1, 0.15) is 19.3 Å². The minimum Gasteiger partial charge on any atom is -0.356 e. The molecule has 62 valence electrons. The summed E-state index contributed by atoms with van der Waals surface area (Å²) in [4.78, 5) is 11.5. The normalized spacial score (nSPS) is 28.9. The molecule has 2 fully saturated rings. The second kappa shape index (κ2) is 2.48. The molecule has 2 N–H and O–H groups in total. The smallest absolute Gasteiger partial charge is 0.228 e. The van der Waals surface area contributed by atoms with Crippen molar-refractivity contribution in [3.63, 3.8) is 0 Å². The van der Waals surface area contributed by atoms with E-state index in [2.05, 4.69) is 10.6 Å². The molecule has 0 aromatic rings. The average molecular weight is 154 g/mol. The summed E-state index contributed by atoms with van der Waals surface area (Å²) >= 11 is 0. The van der Waals surface area contributed by atoms with E-state index in [0.29, 0.717) is 0 Å². The maximum atomic E-state index is 11.5. The molecule has 1 amide bonds. The summed E-state index contributed by atoms with van der Waals surface area (Å²) in [6, 6.07) is 0. The van der Waals surface area contributed by atoms with Gasteiger partial charge in [0, 0.05) is 19.6 Å². The van der Waals surface area contributed by atoms with Gasteiger partial charge in [0.2, 0.25) is 5.91 Å². The molecule has 0 aromatic heterocycles. The van der Waals surface area contributed by atoms with Gasteiger partial charge in [-0.25, -0.2) is 0 Å². The highest BCUT2D eigenvalue weighted by Gasteiger charge is 2.44. The predicted octanol–water partition coefficient (Wildman–Crippen LogP) is -0.124. The van der Waals surface area contributed by atoms with Crippen molar-refractivity contribution in [2.75, 3.05) is 19.6 Å². The summed E-state index contributed by atoms with van der Waals surface area (Å²) in [7, 11) is 0. The number of carbonyl (C=O) groups is 1. The molecule has 3 nitrogen and oxygen atoms in total. The number of carbonyl (C=O) groups excluding carboxylic acids is 1. The Morgan fingerprint density at radius 2 is 2.09 bits per heavy atom. The molecule has 11 heavy (non-hydrogen) atoms. The van der Waals surface area contributed by atoms with Gasteiger partial charge in [-0.1, -0.05) is 6.42 Å². The molecule has 0 atom stereocenters. The first-order valence-electron chi connectivity index (χ1n) is 4.33. The first-order chi connectivity index (χ1) is 5.33. The van der Waals surface area contributed by atoms with Crippen molar-refractivity contribution >= 4 is 5.91 Å². The molecule has 3 heteroatoms. The topological polar surface area (TPSA) is 41.1 Å². The standard InChI is InChI=1S/C8H14N2O/c11-7-8(5-9-6-8)3-1-2-4-10-7/h9H,1-6H2,(H,10,11). The molecule has 0 aliphatic carbocycles. The minimum absolute atomic E-state index is 0.0174. The number of hydrogen-bond acceptors (Lipinski definition) is 2. The van der Waals surface area contributed by atoms with Crippen LogP contribution in [-0.2, 0) is 4.79 Å². The van der Waals surface area contributed by atoms with Crippen molar-refractivity contribution in [1.82, 2.24) is 10.6 Å². The van der Waals surface area contributed by atoms with Crippen molar-refractivity contribution in [3.8, 4) is 0 Å². The van der Waals surface area contributed by atoms with E-state index < -0.39 is 0 Å². The average Bonchev–Trinajstić information content (AvgIpc) is 2.09. The van der Waals surface area contributed by atoms with Gasteiger partial charge < -0.3 is 10.6 Å². The molecule has 0 radical (unpaired) electrons. The molecule has 0 saturated carbocycles. The highest BCUT2D eigenvalue weighted by molar-refractivity contribution is 5.84. The molecule has 0 unspecified atom stereocenters. The van der Waals surface area contributed by atoms with Crippen LogP contribution in [0.4, 0.5) is 0 Å². The Labute approximate surface area is 66.5 Å². The zero-order valence-electron chi connectivity index (χ0n) is 6.65. The first kappa shape index (κ1) is 7.10. The molecule has 2 aliphatic heterocycles. The quantitative estimate of drug-likeness (QED) is 0.510. The van der Waals surface area contributed by atoms with E-state index in [4.69, 9.17) is 0 Å². The molecule has 2 rings (SSSR count). The van der Waals surface area contributed by atoms with Crippen LogP contribution in [0.3, 0.4) is 0 Å². The van der Waals surface area contributed by atoms with Gasteiger partial charge in [0.1, 0.15) is 0 Å². The zero-order chi connectivity index (χ0) is 7.73. The van der Waals surface area contributed by atoms with Gasteiger partial charge in [0.15, 0.2) is 0 Å². The van der Waals surface area contributed by atoms with Gasteiger partial charge in [-0.3, -0.25) is 4.79 Å². The molecular formula is C8H14N2O. The van der Waals surface area contributed by atoms with E-state index in [1.54, 1.807) is 0 Å². The Kier molecular flexibility index (Phi) is 1.60. The lowest BCUT2D eigenvalue weighted by Gasteiger charge is -2.39. The van der Waals surface area contributed by atoms with Gasteiger partial charge >= 0.3 is 0 Å². The lowest BCUT2D eigenvalue weighted by atomic mass is 9.77. The lowest BCUT2D eigenvalue weighted by molar-refractivity contribution is -0.133. The van der Waals surface area contributed by atoms with E-state index in [0.717, 1.165) is 32.5 Å². The number of hydrogen-bond donors (Lipinski definition) is 2. The summed E-state index contributed by atoms with van der Waals surface area (Å²) < 4.78 is 0. The van der Waals surface area contributed by atoms with E-state index in [1.165, 1.54) is 6.42 Å². The predicted molar refractivity (Wildman–Crippen MR) is 42.2 cm³/mol. The maximum Gasteiger partial charge on any atom is 0.228 e. The molecule has 2 heterocycles. The van der Waals surface area contributed by atoms with Crippen LogP contribution in [0.15, 0.2) is 0 Å². The SMILES string of the molecule is O=C1NCCCCC12CNC2. The minimum atomic E-state index is -0.0174. The van der Waals surface area contributed by atoms with Gasteiger partial charge in [-0.05, 0) is 12.8 Å². The number of amides is 1. The molecule has 1 spiro atoms. The Morgan fingerprint density at radius 3 is 2.73 bits per heavy atom. The largest absolute Gasteiger partial charge is 0.356 e. The van der Waals surface area contributed by atoms with Gasteiger partial charge in [-0.2, -0.15) is 0 Å². The van der Waals surface area contributed by atoms with Crippen LogP contribution in [0.25, 0.3) is 0 Å². The lowest BCUT2D eigenvalue weighted by Crippen LogP contribution is -2.60. The van der Waals surface area contributed by atoms with Gasteiger partial charge in [0.25, 0.3) is 0 Å².